The minimum absolute atomic E-state index is 0.0369. The van der Waals surface area contributed by atoms with Gasteiger partial charge in [-0.2, -0.15) is 0 Å². The van der Waals surface area contributed by atoms with Gasteiger partial charge in [0.15, 0.2) is 0 Å². The van der Waals surface area contributed by atoms with Crippen molar-refractivity contribution < 1.29 is 8.42 Å². The lowest BCUT2D eigenvalue weighted by Crippen LogP contribution is -1.95. The number of sulfonamides is 1. The second-order valence-electron chi connectivity index (χ2n) is 2.08. The van der Waals surface area contributed by atoms with Gasteiger partial charge < -0.3 is 0 Å². The molecule has 0 radical (unpaired) electrons. The fraction of sp³-hybridized carbons (Fsp3) is 0. The summed E-state index contributed by atoms with van der Waals surface area (Å²) in [6, 6.07) is 5.75. The number of benzene rings is 1. The van der Waals surface area contributed by atoms with Gasteiger partial charge in [0.05, 0.1) is 9.92 Å². The van der Waals surface area contributed by atoms with Crippen LogP contribution in [0.4, 0.5) is 0 Å². The molecule has 7 heteroatoms. The Morgan fingerprint density at radius 3 is 2.54 bits per heavy atom. The lowest BCUT2D eigenvalue weighted by Gasteiger charge is -1.98. The number of hydrogen-bond donors (Lipinski definition) is 0. The maximum absolute atomic E-state index is 11.1. The summed E-state index contributed by atoms with van der Waals surface area (Å²) in [4.78, 5) is 2.02. The van der Waals surface area contributed by atoms with E-state index >= 15 is 0 Å². The maximum Gasteiger partial charge on any atom is 0.265 e. The zero-order valence-corrected chi connectivity index (χ0v) is 7.83. The Kier molecular flexibility index (Phi) is 2.77. The fourth-order valence-corrected chi connectivity index (χ4v) is 1.92. The molecule has 0 amide bonds. The van der Waals surface area contributed by atoms with Crippen molar-refractivity contribution >= 4 is 21.6 Å². The lowest BCUT2D eigenvalue weighted by molar-refractivity contribution is 0.597. The first kappa shape index (κ1) is 9.85. The number of nitrogens with zero attached hydrogens (tertiary/aromatic N) is 3. The fourth-order valence-electron chi connectivity index (χ4n) is 0.746. The Hall–Kier alpha value is -1.23. The first-order valence-electron chi connectivity index (χ1n) is 3.14. The molecule has 0 aliphatic rings. The third kappa shape index (κ3) is 2.12. The quantitative estimate of drug-likeness (QED) is 0.433. The molecule has 0 saturated carbocycles. The molecule has 0 aliphatic heterocycles. The molecule has 1 aromatic rings. The van der Waals surface area contributed by atoms with Crippen molar-refractivity contribution in [2.75, 3.05) is 0 Å². The van der Waals surface area contributed by atoms with Crippen LogP contribution < -0.4 is 0 Å². The number of hydrogen-bond acceptors (Lipinski definition) is 2. The molecule has 1 rings (SSSR count). The third-order valence-electron chi connectivity index (χ3n) is 1.26. The van der Waals surface area contributed by atoms with Crippen LogP contribution in [0.25, 0.3) is 10.4 Å². The van der Waals surface area contributed by atoms with Crippen LogP contribution in [0, 0.1) is 0 Å². The number of rotatable bonds is 2. The van der Waals surface area contributed by atoms with E-state index in [0.29, 0.717) is 0 Å². The summed E-state index contributed by atoms with van der Waals surface area (Å²) in [5.74, 6) is 0. The van der Waals surface area contributed by atoms with Crippen molar-refractivity contribution in [3.63, 3.8) is 0 Å². The first-order valence-corrected chi connectivity index (χ1v) is 4.95. The van der Waals surface area contributed by atoms with Gasteiger partial charge >= 0.3 is 0 Å². The van der Waals surface area contributed by atoms with Crippen LogP contribution in [-0.2, 0) is 10.0 Å². The summed E-state index contributed by atoms with van der Waals surface area (Å²) in [5.41, 5.74) is 7.99. The van der Waals surface area contributed by atoms with E-state index in [0.717, 1.165) is 0 Å². The van der Waals surface area contributed by atoms with Crippen molar-refractivity contribution in [2.24, 2.45) is 4.52 Å². The zero-order chi connectivity index (χ0) is 9.90. The molecule has 0 atom stereocenters. The molecular formula is C6H4ClN3O2S. The highest BCUT2D eigenvalue weighted by Crippen LogP contribution is 2.22. The minimum Gasteiger partial charge on any atom is -0.216 e. The van der Waals surface area contributed by atoms with E-state index in [4.69, 9.17) is 17.1 Å². The molecule has 0 aliphatic carbocycles. The van der Waals surface area contributed by atoms with Gasteiger partial charge in [0, 0.05) is 9.43 Å². The molecular weight excluding hydrogens is 214 g/mol. The SMILES string of the molecule is [N-]=[N+]=NS(=O)(=O)c1ccccc1Cl. The smallest absolute Gasteiger partial charge is 0.216 e. The molecule has 0 heterocycles. The minimum atomic E-state index is -3.96. The largest absolute Gasteiger partial charge is 0.265 e. The van der Waals surface area contributed by atoms with Crippen molar-refractivity contribution in [3.05, 3.63) is 39.7 Å². The van der Waals surface area contributed by atoms with Crippen molar-refractivity contribution in [3.8, 4) is 0 Å². The molecule has 0 saturated heterocycles. The van der Waals surface area contributed by atoms with E-state index in [2.05, 4.69) is 9.43 Å². The van der Waals surface area contributed by atoms with Crippen molar-refractivity contribution in [1.82, 2.24) is 0 Å². The summed E-state index contributed by atoms with van der Waals surface area (Å²) < 4.78 is 25.0. The predicted octanol–water partition coefficient (Wildman–Crippen LogP) is 2.34. The van der Waals surface area contributed by atoms with Gasteiger partial charge in [-0.3, -0.25) is 0 Å². The number of halogens is 1. The third-order valence-corrected chi connectivity index (χ3v) is 2.90. The molecule has 68 valence electrons. The van der Waals surface area contributed by atoms with E-state index in [1.165, 1.54) is 18.2 Å². The van der Waals surface area contributed by atoms with Crippen LogP contribution in [0.1, 0.15) is 0 Å². The molecule has 0 aromatic heterocycles. The van der Waals surface area contributed by atoms with Gasteiger partial charge in [0.1, 0.15) is 0 Å². The van der Waals surface area contributed by atoms with E-state index < -0.39 is 10.0 Å². The van der Waals surface area contributed by atoms with Crippen LogP contribution in [-0.4, -0.2) is 8.42 Å². The van der Waals surface area contributed by atoms with Crippen LogP contribution in [0.15, 0.2) is 33.7 Å². The van der Waals surface area contributed by atoms with Gasteiger partial charge in [-0.25, -0.2) is 8.42 Å². The van der Waals surface area contributed by atoms with E-state index in [1.54, 1.807) is 6.07 Å². The summed E-state index contributed by atoms with van der Waals surface area (Å²) in [7, 11) is -3.96. The Morgan fingerprint density at radius 1 is 1.38 bits per heavy atom. The van der Waals surface area contributed by atoms with Crippen molar-refractivity contribution in [2.45, 2.75) is 4.90 Å². The van der Waals surface area contributed by atoms with Crippen LogP contribution in [0.2, 0.25) is 5.02 Å². The van der Waals surface area contributed by atoms with E-state index in [-0.39, 0.29) is 9.92 Å². The molecule has 1 aromatic carbocycles. The average molecular weight is 218 g/mol. The van der Waals surface area contributed by atoms with Crippen LogP contribution in [0.5, 0.6) is 0 Å². The van der Waals surface area contributed by atoms with Gasteiger partial charge in [0.25, 0.3) is 10.0 Å². The maximum atomic E-state index is 11.1. The van der Waals surface area contributed by atoms with Gasteiger partial charge in [0.2, 0.25) is 0 Å². The summed E-state index contributed by atoms with van der Waals surface area (Å²) in [6.07, 6.45) is 0. The summed E-state index contributed by atoms with van der Waals surface area (Å²) >= 11 is 5.58. The van der Waals surface area contributed by atoms with Gasteiger partial charge in [-0.15, -0.1) is 0 Å². The molecule has 0 N–H and O–H groups in total. The van der Waals surface area contributed by atoms with Crippen LogP contribution in [0.3, 0.4) is 0 Å². The second-order valence-corrected chi connectivity index (χ2v) is 4.04. The Morgan fingerprint density at radius 2 is 2.00 bits per heavy atom. The van der Waals surface area contributed by atoms with E-state index in [9.17, 15) is 8.42 Å². The Labute approximate surface area is 79.6 Å². The second kappa shape index (κ2) is 3.66. The predicted molar refractivity (Wildman–Crippen MR) is 47.8 cm³/mol. The summed E-state index contributed by atoms with van der Waals surface area (Å²) in [5, 5.41) is 0.0369. The van der Waals surface area contributed by atoms with Crippen molar-refractivity contribution in [1.29, 1.82) is 0 Å². The van der Waals surface area contributed by atoms with Gasteiger partial charge in [-0.05, 0) is 17.7 Å². The normalized spacial score (nSPS) is 10.5. The molecule has 0 spiro atoms. The Bertz CT molecular complexity index is 465. The summed E-state index contributed by atoms with van der Waals surface area (Å²) in [6.45, 7) is 0. The molecule has 5 nitrogen and oxygen atoms in total. The molecule has 0 unspecified atom stereocenters. The molecule has 0 fully saturated rings. The highest BCUT2D eigenvalue weighted by molar-refractivity contribution is 7.90. The monoisotopic (exact) mass is 217 g/mol. The Balaban J connectivity index is 3.39. The molecule has 13 heavy (non-hydrogen) atoms. The standard InChI is InChI=1S/C6H4ClN3O2S/c7-5-3-1-2-4-6(5)13(11,12)10-9-8/h1-4H. The molecule has 0 bridgehead atoms. The van der Waals surface area contributed by atoms with Gasteiger partial charge in [-0.1, -0.05) is 23.7 Å². The van der Waals surface area contributed by atoms with E-state index in [1.807, 2.05) is 0 Å². The first-order chi connectivity index (χ1) is 6.08. The highest BCUT2D eigenvalue weighted by Gasteiger charge is 2.14. The lowest BCUT2D eigenvalue weighted by atomic mass is 10.4. The van der Waals surface area contributed by atoms with Crippen LogP contribution >= 0.6 is 11.6 Å². The average Bonchev–Trinajstić information content (AvgIpc) is 2.04. The number of azide groups is 1. The topological polar surface area (TPSA) is 82.9 Å². The zero-order valence-electron chi connectivity index (χ0n) is 6.25. The highest BCUT2D eigenvalue weighted by atomic mass is 35.5.